The van der Waals surface area contributed by atoms with Gasteiger partial charge < -0.3 is 10.2 Å². The van der Waals surface area contributed by atoms with E-state index in [1.807, 2.05) is 19.9 Å². The Morgan fingerprint density at radius 1 is 0.955 bits per heavy atom. The molecule has 0 aromatic rings. The fourth-order valence-electron chi connectivity index (χ4n) is 1.81. The highest BCUT2D eigenvalue weighted by atomic mass is 16.3. The molecule has 0 amide bonds. The molecule has 0 spiro atoms. The summed E-state index contributed by atoms with van der Waals surface area (Å²) in [7, 11) is 0. The third-order valence-corrected chi connectivity index (χ3v) is 2.82. The van der Waals surface area contributed by atoms with Crippen LogP contribution in [0.5, 0.6) is 0 Å². The standard InChI is InChI=1S/C10H18O.C10H16O/c2*1-5-9(4)7-10(11)6-8(2)3/h5,8,10-11H,1,4,6-7H2,2-3H3;5-6,10-11H,1,4,7H2,2-3H3/t;10-/m.1/s1. The summed E-state index contributed by atoms with van der Waals surface area (Å²) in [5.74, 6) is 0.544. The van der Waals surface area contributed by atoms with E-state index in [1.54, 1.807) is 12.2 Å². The molecule has 0 rings (SSSR count). The lowest BCUT2D eigenvalue weighted by atomic mass is 10.0. The van der Waals surface area contributed by atoms with Gasteiger partial charge in [0.2, 0.25) is 0 Å². The lowest BCUT2D eigenvalue weighted by Gasteiger charge is -2.12. The average molecular weight is 306 g/mol. The molecule has 0 aliphatic rings. The van der Waals surface area contributed by atoms with E-state index < -0.39 is 6.10 Å². The second kappa shape index (κ2) is 13.3. The highest BCUT2D eigenvalue weighted by molar-refractivity contribution is 5.14. The molecule has 0 aliphatic heterocycles. The van der Waals surface area contributed by atoms with Gasteiger partial charge in [0.15, 0.2) is 0 Å². The molecular formula is C20H34O2. The first-order chi connectivity index (χ1) is 10.1. The van der Waals surface area contributed by atoms with Crippen LogP contribution in [0.2, 0.25) is 0 Å². The molecule has 2 N–H and O–H groups in total. The van der Waals surface area contributed by atoms with E-state index in [-0.39, 0.29) is 6.10 Å². The Morgan fingerprint density at radius 3 is 1.77 bits per heavy atom. The van der Waals surface area contributed by atoms with Gasteiger partial charge in [0.1, 0.15) is 0 Å². The van der Waals surface area contributed by atoms with Crippen molar-refractivity contribution in [3.8, 4) is 0 Å². The lowest BCUT2D eigenvalue weighted by molar-refractivity contribution is 0.150. The molecule has 0 saturated carbocycles. The van der Waals surface area contributed by atoms with Crippen molar-refractivity contribution >= 4 is 0 Å². The molecule has 0 bridgehead atoms. The number of hydrogen-bond acceptors (Lipinski definition) is 2. The number of aliphatic hydroxyl groups excluding tert-OH is 2. The summed E-state index contributed by atoms with van der Waals surface area (Å²) >= 11 is 0. The first-order valence-electron chi connectivity index (χ1n) is 7.73. The highest BCUT2D eigenvalue weighted by Crippen LogP contribution is 2.12. The largest absolute Gasteiger partial charge is 0.393 e. The quantitative estimate of drug-likeness (QED) is 0.466. The third-order valence-electron chi connectivity index (χ3n) is 2.82. The lowest BCUT2D eigenvalue weighted by Crippen LogP contribution is -2.10. The van der Waals surface area contributed by atoms with Gasteiger partial charge in [-0.1, -0.05) is 75.1 Å². The van der Waals surface area contributed by atoms with E-state index in [9.17, 15) is 10.2 Å². The molecule has 0 aromatic carbocycles. The normalized spacial score (nSPS) is 12.5. The van der Waals surface area contributed by atoms with Crippen molar-refractivity contribution in [3.63, 3.8) is 0 Å². The number of hydrogen-bond donors (Lipinski definition) is 2. The Hall–Kier alpha value is -1.38. The summed E-state index contributed by atoms with van der Waals surface area (Å²) < 4.78 is 0. The van der Waals surface area contributed by atoms with Gasteiger partial charge in [-0.3, -0.25) is 0 Å². The van der Waals surface area contributed by atoms with Gasteiger partial charge in [-0.25, -0.2) is 0 Å². The minimum absolute atomic E-state index is 0.250. The van der Waals surface area contributed by atoms with Crippen LogP contribution >= 0.6 is 0 Å². The Balaban J connectivity index is 0. The van der Waals surface area contributed by atoms with Gasteiger partial charge in [-0.15, -0.1) is 0 Å². The number of allylic oxidation sites excluding steroid dienone is 3. The maximum atomic E-state index is 9.41. The molecule has 22 heavy (non-hydrogen) atoms. The van der Waals surface area contributed by atoms with Crippen LogP contribution in [0.25, 0.3) is 0 Å². The van der Waals surface area contributed by atoms with Crippen molar-refractivity contribution in [2.24, 2.45) is 5.92 Å². The summed E-state index contributed by atoms with van der Waals surface area (Å²) in [6, 6.07) is 0. The van der Waals surface area contributed by atoms with Crippen LogP contribution in [0.4, 0.5) is 0 Å². The van der Waals surface area contributed by atoms with E-state index in [2.05, 4.69) is 40.2 Å². The van der Waals surface area contributed by atoms with Crippen molar-refractivity contribution in [3.05, 3.63) is 61.3 Å². The minimum atomic E-state index is -0.412. The summed E-state index contributed by atoms with van der Waals surface area (Å²) in [5, 5.41) is 18.7. The topological polar surface area (TPSA) is 40.5 Å². The second-order valence-electron chi connectivity index (χ2n) is 6.23. The van der Waals surface area contributed by atoms with Crippen molar-refractivity contribution in [1.82, 2.24) is 0 Å². The van der Waals surface area contributed by atoms with Gasteiger partial charge in [0, 0.05) is 6.42 Å². The summed E-state index contributed by atoms with van der Waals surface area (Å²) in [4.78, 5) is 0. The highest BCUT2D eigenvalue weighted by Gasteiger charge is 2.06. The van der Waals surface area contributed by atoms with Gasteiger partial charge in [-0.05, 0) is 32.6 Å². The molecule has 1 unspecified atom stereocenters. The first kappa shape index (κ1) is 22.9. The fraction of sp³-hybridized carbons (Fsp3) is 0.500. The zero-order valence-electron chi connectivity index (χ0n) is 14.8. The van der Waals surface area contributed by atoms with E-state index in [0.29, 0.717) is 18.8 Å². The van der Waals surface area contributed by atoms with E-state index in [0.717, 1.165) is 23.1 Å². The summed E-state index contributed by atoms with van der Waals surface area (Å²) in [6.07, 6.45) is 6.59. The average Bonchev–Trinajstić information content (AvgIpc) is 2.36. The summed E-state index contributed by atoms with van der Waals surface area (Å²) in [6.45, 7) is 22.7. The minimum Gasteiger partial charge on any atom is -0.393 e. The SMILES string of the molecule is C=CC(=C)CC(O)CC(C)C.C=CC(=C)C[C@H](O)C=C(C)C. The Labute approximate surface area is 137 Å². The van der Waals surface area contributed by atoms with Crippen LogP contribution in [0.3, 0.4) is 0 Å². The molecule has 0 aromatic heterocycles. The maximum Gasteiger partial charge on any atom is 0.0763 e. The van der Waals surface area contributed by atoms with Gasteiger partial charge in [0.05, 0.1) is 12.2 Å². The second-order valence-corrected chi connectivity index (χ2v) is 6.23. The predicted molar refractivity (Wildman–Crippen MR) is 98.8 cm³/mol. The van der Waals surface area contributed by atoms with Gasteiger partial charge in [-0.2, -0.15) is 0 Å². The third kappa shape index (κ3) is 16.7. The zero-order chi connectivity index (χ0) is 17.7. The molecule has 0 fully saturated rings. The number of rotatable bonds is 9. The smallest absolute Gasteiger partial charge is 0.0763 e. The van der Waals surface area contributed by atoms with Gasteiger partial charge >= 0.3 is 0 Å². The number of aliphatic hydroxyl groups is 2. The molecule has 0 saturated heterocycles. The molecule has 126 valence electrons. The molecule has 0 aliphatic carbocycles. The molecule has 2 nitrogen and oxygen atoms in total. The Morgan fingerprint density at radius 2 is 1.41 bits per heavy atom. The monoisotopic (exact) mass is 306 g/mol. The van der Waals surface area contributed by atoms with Crippen LogP contribution in [0, 0.1) is 5.92 Å². The van der Waals surface area contributed by atoms with Gasteiger partial charge in [0.25, 0.3) is 0 Å². The Bertz CT molecular complexity index is 385. The molecule has 2 heteroatoms. The van der Waals surface area contributed by atoms with Crippen molar-refractivity contribution in [1.29, 1.82) is 0 Å². The zero-order valence-corrected chi connectivity index (χ0v) is 14.8. The first-order valence-corrected chi connectivity index (χ1v) is 7.73. The Kier molecular flexibility index (Phi) is 13.8. The summed E-state index contributed by atoms with van der Waals surface area (Å²) in [5.41, 5.74) is 2.91. The van der Waals surface area contributed by atoms with Crippen molar-refractivity contribution in [2.45, 2.75) is 59.2 Å². The van der Waals surface area contributed by atoms with Crippen LogP contribution in [0.15, 0.2) is 61.3 Å². The predicted octanol–water partition coefficient (Wildman–Crippen LogP) is 4.97. The van der Waals surface area contributed by atoms with E-state index >= 15 is 0 Å². The molecule has 0 radical (unpaired) electrons. The molecule has 0 heterocycles. The van der Waals surface area contributed by atoms with Crippen molar-refractivity contribution in [2.75, 3.05) is 0 Å². The van der Waals surface area contributed by atoms with E-state index in [4.69, 9.17) is 0 Å². The van der Waals surface area contributed by atoms with Crippen LogP contribution in [0.1, 0.15) is 47.0 Å². The molecule has 2 atom stereocenters. The van der Waals surface area contributed by atoms with Crippen LogP contribution < -0.4 is 0 Å². The van der Waals surface area contributed by atoms with E-state index in [1.165, 1.54) is 0 Å². The molecular weight excluding hydrogens is 272 g/mol. The maximum absolute atomic E-state index is 9.41. The van der Waals surface area contributed by atoms with Crippen LogP contribution in [-0.4, -0.2) is 22.4 Å². The van der Waals surface area contributed by atoms with Crippen LogP contribution in [-0.2, 0) is 0 Å². The fourth-order valence-corrected chi connectivity index (χ4v) is 1.81. The van der Waals surface area contributed by atoms with Crippen molar-refractivity contribution < 1.29 is 10.2 Å².